The lowest BCUT2D eigenvalue weighted by Crippen LogP contribution is -2.53. The maximum Gasteiger partial charge on any atom is 0.408 e. The fourth-order valence-corrected chi connectivity index (χ4v) is 5.10. The van der Waals surface area contributed by atoms with E-state index in [2.05, 4.69) is 10.6 Å². The Hall–Kier alpha value is -4.13. The molecule has 0 saturated carbocycles. The lowest BCUT2D eigenvalue weighted by atomic mass is 9.95. The summed E-state index contributed by atoms with van der Waals surface area (Å²) in [5, 5.41) is 5.98. The number of amides is 3. The number of rotatable bonds is 11. The van der Waals surface area contributed by atoms with Gasteiger partial charge in [-0.1, -0.05) is 85.6 Å². The highest BCUT2D eigenvalue weighted by Crippen LogP contribution is 2.30. The molecule has 3 amide bonds. The fraction of sp³-hybridized carbons (Fsp3) is 0.417. The van der Waals surface area contributed by atoms with E-state index in [9.17, 15) is 14.4 Å². The molecular formula is C36H47N3O4. The number of carbonyl (C=O) groups is 3. The van der Waals surface area contributed by atoms with Crippen LogP contribution >= 0.6 is 0 Å². The van der Waals surface area contributed by atoms with Gasteiger partial charge in [-0.2, -0.15) is 0 Å². The van der Waals surface area contributed by atoms with Crippen molar-refractivity contribution in [2.45, 2.75) is 92.3 Å². The Morgan fingerprint density at radius 2 is 1.51 bits per heavy atom. The second-order valence-corrected chi connectivity index (χ2v) is 12.3. The van der Waals surface area contributed by atoms with Crippen LogP contribution < -0.4 is 10.6 Å². The van der Waals surface area contributed by atoms with Gasteiger partial charge in [0.25, 0.3) is 5.91 Å². The van der Waals surface area contributed by atoms with Gasteiger partial charge in [-0.3, -0.25) is 9.59 Å². The molecule has 230 valence electrons. The molecule has 43 heavy (non-hydrogen) atoms. The molecule has 7 heteroatoms. The molecule has 0 heterocycles. The van der Waals surface area contributed by atoms with Gasteiger partial charge in [0.05, 0.1) is 0 Å². The first-order valence-corrected chi connectivity index (χ1v) is 15.1. The molecule has 3 aromatic rings. The molecule has 0 radical (unpaired) electrons. The maximum absolute atomic E-state index is 14.6. The molecule has 3 aromatic carbocycles. The summed E-state index contributed by atoms with van der Waals surface area (Å²) in [7, 11) is 0. The third-order valence-electron chi connectivity index (χ3n) is 7.33. The van der Waals surface area contributed by atoms with Crippen molar-refractivity contribution in [2.24, 2.45) is 0 Å². The van der Waals surface area contributed by atoms with Gasteiger partial charge in [0.1, 0.15) is 17.7 Å². The first-order valence-electron chi connectivity index (χ1n) is 15.1. The van der Waals surface area contributed by atoms with Gasteiger partial charge in [-0.15, -0.1) is 0 Å². The molecule has 2 N–H and O–H groups in total. The van der Waals surface area contributed by atoms with Gasteiger partial charge in [0, 0.05) is 18.7 Å². The highest BCUT2D eigenvalue weighted by Gasteiger charge is 2.37. The third kappa shape index (κ3) is 9.43. The number of hydrogen-bond donors (Lipinski definition) is 2. The quantitative estimate of drug-likeness (QED) is 0.246. The zero-order valence-electron chi connectivity index (χ0n) is 26.9. The highest BCUT2D eigenvalue weighted by molar-refractivity contribution is 6.00. The molecule has 0 saturated heterocycles. The molecule has 0 aromatic heterocycles. The number of anilines is 1. The Bertz CT molecular complexity index is 1390. The largest absolute Gasteiger partial charge is 0.444 e. The number of carbonyl (C=O) groups excluding carboxylic acids is 3. The van der Waals surface area contributed by atoms with Crippen LogP contribution in [-0.2, 0) is 20.7 Å². The number of benzene rings is 3. The van der Waals surface area contributed by atoms with Crippen LogP contribution in [0, 0.1) is 27.7 Å². The average Bonchev–Trinajstić information content (AvgIpc) is 2.93. The first-order chi connectivity index (χ1) is 20.3. The summed E-state index contributed by atoms with van der Waals surface area (Å²) in [6.45, 7) is 15.6. The van der Waals surface area contributed by atoms with Gasteiger partial charge in [0.15, 0.2) is 0 Å². The Balaban J connectivity index is 2.12. The van der Waals surface area contributed by atoms with E-state index in [1.807, 2.05) is 101 Å². The van der Waals surface area contributed by atoms with Gasteiger partial charge in [0.2, 0.25) is 5.91 Å². The second kappa shape index (κ2) is 14.9. The summed E-state index contributed by atoms with van der Waals surface area (Å²) in [5.41, 5.74) is 5.40. The van der Waals surface area contributed by atoms with E-state index in [4.69, 9.17) is 4.74 Å². The summed E-state index contributed by atoms with van der Waals surface area (Å²) in [6.07, 6.45) is 1.08. The predicted octanol–water partition coefficient (Wildman–Crippen LogP) is 7.36. The molecule has 0 fully saturated rings. The Morgan fingerprint density at radius 1 is 0.860 bits per heavy atom. The molecule has 0 aliphatic carbocycles. The topological polar surface area (TPSA) is 87.7 Å². The lowest BCUT2D eigenvalue weighted by Gasteiger charge is -2.35. The number of ether oxygens (including phenoxy) is 1. The Labute approximate surface area is 257 Å². The molecule has 0 aliphatic heterocycles. The minimum atomic E-state index is -0.949. The van der Waals surface area contributed by atoms with E-state index >= 15 is 0 Å². The van der Waals surface area contributed by atoms with Crippen molar-refractivity contribution in [3.8, 4) is 0 Å². The van der Waals surface area contributed by atoms with Crippen molar-refractivity contribution in [2.75, 3.05) is 11.9 Å². The minimum absolute atomic E-state index is 0.250. The minimum Gasteiger partial charge on any atom is -0.444 e. The van der Waals surface area contributed by atoms with E-state index in [1.54, 1.807) is 25.7 Å². The summed E-state index contributed by atoms with van der Waals surface area (Å²) < 4.78 is 5.55. The van der Waals surface area contributed by atoms with E-state index in [0.717, 1.165) is 45.5 Å². The molecular weight excluding hydrogens is 538 g/mol. The van der Waals surface area contributed by atoms with E-state index in [0.29, 0.717) is 13.0 Å². The predicted molar refractivity (Wildman–Crippen MR) is 173 cm³/mol. The zero-order chi connectivity index (χ0) is 31.7. The van der Waals surface area contributed by atoms with Crippen LogP contribution in [0.1, 0.15) is 80.0 Å². The summed E-state index contributed by atoms with van der Waals surface area (Å²) in [4.78, 5) is 43.6. The summed E-state index contributed by atoms with van der Waals surface area (Å²) in [6, 6.07) is 19.5. The smallest absolute Gasteiger partial charge is 0.408 e. The maximum atomic E-state index is 14.6. The molecule has 3 rings (SSSR count). The van der Waals surface area contributed by atoms with Crippen molar-refractivity contribution in [3.63, 3.8) is 0 Å². The number of nitrogens with zero attached hydrogens (tertiary/aromatic N) is 1. The normalized spacial score (nSPS) is 12.7. The second-order valence-electron chi connectivity index (χ2n) is 12.3. The zero-order valence-corrected chi connectivity index (χ0v) is 26.9. The van der Waals surface area contributed by atoms with Crippen LogP contribution in [0.15, 0.2) is 66.7 Å². The molecule has 2 atom stereocenters. The molecule has 2 unspecified atom stereocenters. The third-order valence-corrected chi connectivity index (χ3v) is 7.33. The van der Waals surface area contributed by atoms with E-state index in [1.165, 1.54) is 0 Å². The lowest BCUT2D eigenvalue weighted by molar-refractivity contribution is -0.140. The SMILES string of the molecule is CCCCN(C(=O)C(Cc1ccccc1)NC(=O)OC(C)(C)C)C(C(=O)Nc1c(C)cccc1C)c1cc(C)ccc1C. The molecule has 0 aliphatic rings. The fourth-order valence-electron chi connectivity index (χ4n) is 5.10. The van der Waals surface area contributed by atoms with Crippen LogP contribution in [-0.4, -0.2) is 41.0 Å². The number of unbranched alkanes of at least 4 members (excludes halogenated alkanes) is 1. The van der Waals surface area contributed by atoms with Gasteiger partial charge >= 0.3 is 6.09 Å². The van der Waals surface area contributed by atoms with E-state index < -0.39 is 23.8 Å². The molecule has 0 bridgehead atoms. The van der Waals surface area contributed by atoms with Crippen molar-refractivity contribution >= 4 is 23.6 Å². The number of alkyl carbamates (subject to hydrolysis) is 1. The van der Waals surface area contributed by atoms with Crippen LogP contribution in [0.2, 0.25) is 0 Å². The van der Waals surface area contributed by atoms with Crippen molar-refractivity contribution in [1.29, 1.82) is 0 Å². The van der Waals surface area contributed by atoms with Gasteiger partial charge < -0.3 is 20.3 Å². The summed E-state index contributed by atoms with van der Waals surface area (Å²) >= 11 is 0. The Morgan fingerprint density at radius 3 is 2.12 bits per heavy atom. The Kier molecular flexibility index (Phi) is 11.5. The van der Waals surface area contributed by atoms with Crippen LogP contribution in [0.4, 0.5) is 10.5 Å². The van der Waals surface area contributed by atoms with Crippen molar-refractivity contribution in [1.82, 2.24) is 10.2 Å². The van der Waals surface area contributed by atoms with Crippen LogP contribution in [0.3, 0.4) is 0 Å². The van der Waals surface area contributed by atoms with Crippen LogP contribution in [0.5, 0.6) is 0 Å². The number of nitrogens with one attached hydrogen (secondary N) is 2. The standard InChI is InChI=1S/C36H47N3O4/c1-9-10-21-39(34(41)30(23-28-17-12-11-13-18-28)37-35(42)43-36(6,7)8)32(29-22-24(2)19-20-25(29)3)33(40)38-31-26(4)15-14-16-27(31)5/h11-20,22,30,32H,9-10,21,23H2,1-8H3,(H,37,42)(H,38,40). The number of aryl methyl sites for hydroxylation is 4. The van der Waals surface area contributed by atoms with Gasteiger partial charge in [-0.25, -0.2) is 4.79 Å². The van der Waals surface area contributed by atoms with Crippen molar-refractivity contribution in [3.05, 3.63) is 100 Å². The average molecular weight is 586 g/mol. The summed E-state index contributed by atoms with van der Waals surface area (Å²) in [5.74, 6) is -0.642. The highest BCUT2D eigenvalue weighted by atomic mass is 16.6. The number of hydrogen-bond acceptors (Lipinski definition) is 4. The van der Waals surface area contributed by atoms with Crippen LogP contribution in [0.25, 0.3) is 0 Å². The molecule has 0 spiro atoms. The monoisotopic (exact) mass is 585 g/mol. The molecule has 7 nitrogen and oxygen atoms in total. The van der Waals surface area contributed by atoms with E-state index in [-0.39, 0.29) is 18.2 Å². The van der Waals surface area contributed by atoms with Crippen molar-refractivity contribution < 1.29 is 19.1 Å². The number of para-hydroxylation sites is 1. The first kappa shape index (κ1) is 33.4. The van der Waals surface area contributed by atoms with Gasteiger partial charge in [-0.05, 0) is 82.7 Å².